The van der Waals surface area contributed by atoms with Gasteiger partial charge in [-0.3, -0.25) is 9.36 Å². The lowest BCUT2D eigenvalue weighted by Gasteiger charge is -2.14. The number of carbonyl (C=O) groups excluding carboxylic acids is 1. The fourth-order valence-corrected chi connectivity index (χ4v) is 3.83. The third kappa shape index (κ3) is 3.27. The predicted molar refractivity (Wildman–Crippen MR) is 96.2 cm³/mol. The Morgan fingerprint density at radius 1 is 1.40 bits per heavy atom. The average molecular weight is 357 g/mol. The number of nitrogens with two attached hydrogens (primary N) is 1. The smallest absolute Gasteiger partial charge is 0.227 e. The average Bonchev–Trinajstić information content (AvgIpc) is 3.33. The highest BCUT2D eigenvalue weighted by Gasteiger charge is 2.23. The van der Waals surface area contributed by atoms with Crippen LogP contribution in [0.25, 0.3) is 22.3 Å². The number of ether oxygens (including phenoxy) is 1. The molecule has 1 fully saturated rings. The number of thioether (sulfide) groups is 1. The maximum Gasteiger partial charge on any atom is 0.227 e. The number of nitrogens with one attached hydrogen (secondary N) is 1. The lowest BCUT2D eigenvalue weighted by atomic mass is 10.1. The summed E-state index contributed by atoms with van der Waals surface area (Å²) in [4.78, 5) is 14.4. The lowest BCUT2D eigenvalue weighted by molar-refractivity contribution is -0.115. The number of fused-ring (bicyclic) bond motifs is 1. The topological polar surface area (TPSA) is 98.8 Å². The Bertz CT molecular complexity index is 897. The van der Waals surface area contributed by atoms with Crippen LogP contribution in [0.4, 0.5) is 0 Å². The fraction of sp³-hybridized carbons (Fsp3) is 0.353. The van der Waals surface area contributed by atoms with Gasteiger partial charge in [0.15, 0.2) is 11.0 Å². The molecule has 0 aliphatic carbocycles. The molecule has 1 amide bonds. The molecule has 1 aliphatic heterocycles. The number of para-hydroxylation sites is 1. The van der Waals surface area contributed by atoms with Crippen molar-refractivity contribution in [3.05, 3.63) is 30.5 Å². The van der Waals surface area contributed by atoms with Crippen molar-refractivity contribution in [3.8, 4) is 11.4 Å². The molecule has 0 unspecified atom stereocenters. The van der Waals surface area contributed by atoms with Crippen molar-refractivity contribution < 1.29 is 9.53 Å². The molecular weight excluding hydrogens is 338 g/mol. The molecule has 3 N–H and O–H groups in total. The second kappa shape index (κ2) is 6.89. The highest BCUT2D eigenvalue weighted by atomic mass is 32.2. The molecule has 4 rings (SSSR count). The van der Waals surface area contributed by atoms with Crippen LogP contribution in [0.5, 0.6) is 0 Å². The first-order valence-electron chi connectivity index (χ1n) is 8.25. The van der Waals surface area contributed by atoms with Crippen molar-refractivity contribution >= 4 is 28.6 Å². The Kier molecular flexibility index (Phi) is 4.46. The van der Waals surface area contributed by atoms with Crippen molar-refractivity contribution in [2.45, 2.75) is 30.6 Å². The van der Waals surface area contributed by atoms with Crippen LogP contribution in [0.3, 0.4) is 0 Å². The summed E-state index contributed by atoms with van der Waals surface area (Å²) in [6.07, 6.45) is 4.18. The van der Waals surface area contributed by atoms with Gasteiger partial charge in [-0.2, -0.15) is 0 Å². The minimum Gasteiger partial charge on any atom is -0.376 e. The summed E-state index contributed by atoms with van der Waals surface area (Å²) in [5, 5.41) is 10.5. The van der Waals surface area contributed by atoms with Crippen LogP contribution < -0.4 is 5.73 Å². The van der Waals surface area contributed by atoms with E-state index in [4.69, 9.17) is 10.5 Å². The lowest BCUT2D eigenvalue weighted by Crippen LogP contribution is -2.18. The van der Waals surface area contributed by atoms with Crippen molar-refractivity contribution in [3.63, 3.8) is 0 Å². The van der Waals surface area contributed by atoms with E-state index in [1.165, 1.54) is 11.8 Å². The van der Waals surface area contributed by atoms with Gasteiger partial charge in [0.25, 0.3) is 0 Å². The predicted octanol–water partition coefficient (Wildman–Crippen LogP) is 2.18. The van der Waals surface area contributed by atoms with Crippen LogP contribution in [0.1, 0.15) is 12.8 Å². The largest absolute Gasteiger partial charge is 0.376 e. The number of hydrogen-bond acceptors (Lipinski definition) is 5. The first kappa shape index (κ1) is 16.2. The van der Waals surface area contributed by atoms with Crippen molar-refractivity contribution in [2.75, 3.05) is 12.4 Å². The summed E-state index contributed by atoms with van der Waals surface area (Å²) in [6, 6.07) is 8.09. The summed E-state index contributed by atoms with van der Waals surface area (Å²) >= 11 is 1.31. The second-order valence-corrected chi connectivity index (χ2v) is 7.00. The van der Waals surface area contributed by atoms with Gasteiger partial charge in [0.1, 0.15) is 0 Å². The maximum atomic E-state index is 11.2. The third-order valence-corrected chi connectivity index (χ3v) is 5.29. The quantitative estimate of drug-likeness (QED) is 0.659. The van der Waals surface area contributed by atoms with Crippen LogP contribution in [-0.2, 0) is 16.1 Å². The van der Waals surface area contributed by atoms with Gasteiger partial charge in [0, 0.05) is 29.3 Å². The van der Waals surface area contributed by atoms with E-state index in [2.05, 4.69) is 21.2 Å². The molecule has 2 aromatic heterocycles. The zero-order valence-corrected chi connectivity index (χ0v) is 14.5. The van der Waals surface area contributed by atoms with E-state index < -0.39 is 0 Å². The molecule has 3 aromatic rings. The molecule has 1 atom stereocenters. The summed E-state index contributed by atoms with van der Waals surface area (Å²) in [6.45, 7) is 1.46. The van der Waals surface area contributed by atoms with Crippen molar-refractivity contribution in [1.82, 2.24) is 19.7 Å². The van der Waals surface area contributed by atoms with Gasteiger partial charge in [0.05, 0.1) is 18.4 Å². The van der Waals surface area contributed by atoms with Crippen LogP contribution in [0.15, 0.2) is 35.6 Å². The van der Waals surface area contributed by atoms with E-state index in [1.54, 1.807) is 0 Å². The Balaban J connectivity index is 1.74. The van der Waals surface area contributed by atoms with Gasteiger partial charge in [-0.15, -0.1) is 10.2 Å². The number of carbonyl (C=O) groups is 1. The molecule has 25 heavy (non-hydrogen) atoms. The molecule has 0 saturated carbocycles. The van der Waals surface area contributed by atoms with Crippen molar-refractivity contribution in [1.29, 1.82) is 0 Å². The zero-order chi connectivity index (χ0) is 17.2. The van der Waals surface area contributed by atoms with Gasteiger partial charge in [-0.1, -0.05) is 30.0 Å². The highest BCUT2D eigenvalue weighted by molar-refractivity contribution is 7.99. The SMILES string of the molecule is NC(=O)CSc1nnc(-c2c[nH]c3ccccc23)n1C[C@H]1CCCO1. The number of benzene rings is 1. The molecule has 3 heterocycles. The number of hydrogen-bond donors (Lipinski definition) is 2. The van der Waals surface area contributed by atoms with Gasteiger partial charge in [-0.25, -0.2) is 0 Å². The van der Waals surface area contributed by atoms with Gasteiger partial charge in [-0.05, 0) is 18.9 Å². The molecule has 130 valence electrons. The fourth-order valence-electron chi connectivity index (χ4n) is 3.14. The van der Waals surface area contributed by atoms with Gasteiger partial charge in [0.2, 0.25) is 5.91 Å². The first-order valence-corrected chi connectivity index (χ1v) is 9.23. The number of primary amides is 1. The molecule has 7 nitrogen and oxygen atoms in total. The standard InChI is InChI=1S/C17H19N5O2S/c18-15(23)10-25-17-21-20-16(22(17)9-11-4-3-7-24-11)13-8-19-14-6-2-1-5-12(13)14/h1-2,5-6,8,11,19H,3-4,7,9-10H2,(H2,18,23)/t11-/m1/s1. The Morgan fingerprint density at radius 3 is 3.08 bits per heavy atom. The molecule has 0 radical (unpaired) electrons. The molecule has 1 saturated heterocycles. The maximum absolute atomic E-state index is 11.2. The van der Waals surface area contributed by atoms with E-state index in [0.29, 0.717) is 11.7 Å². The number of aromatic nitrogens is 4. The summed E-state index contributed by atoms with van der Waals surface area (Å²) in [5.74, 6) is 0.586. The summed E-state index contributed by atoms with van der Waals surface area (Å²) in [5.41, 5.74) is 7.33. The summed E-state index contributed by atoms with van der Waals surface area (Å²) < 4.78 is 7.82. The Hall–Kier alpha value is -2.32. The molecule has 1 aromatic carbocycles. The number of nitrogens with zero attached hydrogens (tertiary/aromatic N) is 3. The first-order chi connectivity index (χ1) is 12.2. The number of aromatic amines is 1. The number of amides is 1. The van der Waals surface area contributed by atoms with E-state index in [9.17, 15) is 4.79 Å². The van der Waals surface area contributed by atoms with Crippen LogP contribution in [0, 0.1) is 0 Å². The second-order valence-electron chi connectivity index (χ2n) is 6.05. The molecule has 0 spiro atoms. The molecule has 1 aliphatic rings. The third-order valence-electron chi connectivity index (χ3n) is 4.30. The molecule has 0 bridgehead atoms. The van der Waals surface area contributed by atoms with Crippen LogP contribution >= 0.6 is 11.8 Å². The minimum atomic E-state index is -0.370. The van der Waals surface area contributed by atoms with E-state index in [1.807, 2.05) is 29.0 Å². The van der Waals surface area contributed by atoms with E-state index in [0.717, 1.165) is 41.7 Å². The molecule has 8 heteroatoms. The Morgan fingerprint density at radius 2 is 2.28 bits per heavy atom. The van der Waals surface area contributed by atoms with Crippen molar-refractivity contribution in [2.24, 2.45) is 5.73 Å². The zero-order valence-electron chi connectivity index (χ0n) is 13.6. The van der Waals surface area contributed by atoms with Crippen LogP contribution in [-0.4, -0.2) is 44.1 Å². The molecular formula is C17H19N5O2S. The Labute approximate surface area is 148 Å². The minimum absolute atomic E-state index is 0.146. The van der Waals surface area contributed by atoms with Gasteiger partial charge < -0.3 is 15.5 Å². The monoisotopic (exact) mass is 357 g/mol. The van der Waals surface area contributed by atoms with E-state index in [-0.39, 0.29) is 17.8 Å². The highest BCUT2D eigenvalue weighted by Crippen LogP contribution is 2.31. The number of H-pyrrole nitrogens is 1. The summed E-state index contributed by atoms with van der Waals surface area (Å²) in [7, 11) is 0. The van der Waals surface area contributed by atoms with Crippen LogP contribution in [0.2, 0.25) is 0 Å². The number of rotatable bonds is 6. The van der Waals surface area contributed by atoms with E-state index >= 15 is 0 Å². The normalized spacial score (nSPS) is 17.4. The van der Waals surface area contributed by atoms with Gasteiger partial charge >= 0.3 is 0 Å².